The highest BCUT2D eigenvalue weighted by molar-refractivity contribution is 5.84. The molecule has 1 N–H and O–H groups in total. The van der Waals surface area contributed by atoms with Crippen molar-refractivity contribution in [2.24, 2.45) is 0 Å². The SMILES string of the molecule is COCc1cccc2c(=O)[nH]ccc12. The van der Waals surface area contributed by atoms with Gasteiger partial charge in [0.05, 0.1) is 6.61 Å². The number of hydrogen-bond donors (Lipinski definition) is 1. The molecule has 14 heavy (non-hydrogen) atoms. The lowest BCUT2D eigenvalue weighted by Crippen LogP contribution is -2.05. The Balaban J connectivity index is 2.75. The number of benzene rings is 1. The lowest BCUT2D eigenvalue weighted by atomic mass is 10.1. The molecule has 0 bridgehead atoms. The van der Waals surface area contributed by atoms with E-state index in [1.807, 2.05) is 24.3 Å². The van der Waals surface area contributed by atoms with Gasteiger partial charge in [0.2, 0.25) is 0 Å². The number of hydrogen-bond acceptors (Lipinski definition) is 2. The van der Waals surface area contributed by atoms with Gasteiger partial charge in [-0.25, -0.2) is 0 Å². The smallest absolute Gasteiger partial charge is 0.255 e. The molecule has 0 saturated carbocycles. The molecule has 1 aromatic heterocycles. The summed E-state index contributed by atoms with van der Waals surface area (Å²) in [6.45, 7) is 0.529. The fraction of sp³-hybridized carbons (Fsp3) is 0.182. The molecule has 2 rings (SSSR count). The van der Waals surface area contributed by atoms with E-state index in [1.54, 1.807) is 13.3 Å². The van der Waals surface area contributed by atoms with Gasteiger partial charge in [0, 0.05) is 18.7 Å². The molecule has 1 heterocycles. The molecule has 0 aliphatic heterocycles. The van der Waals surface area contributed by atoms with Crippen molar-refractivity contribution in [2.45, 2.75) is 6.61 Å². The van der Waals surface area contributed by atoms with Gasteiger partial charge in [-0.15, -0.1) is 0 Å². The number of H-pyrrole nitrogens is 1. The molecule has 0 aliphatic rings. The van der Waals surface area contributed by atoms with E-state index in [9.17, 15) is 4.79 Å². The normalized spacial score (nSPS) is 10.6. The second kappa shape index (κ2) is 3.64. The highest BCUT2D eigenvalue weighted by Gasteiger charge is 2.01. The third-order valence-electron chi connectivity index (χ3n) is 2.21. The van der Waals surface area contributed by atoms with Crippen molar-refractivity contribution in [1.29, 1.82) is 0 Å². The summed E-state index contributed by atoms with van der Waals surface area (Å²) in [7, 11) is 1.64. The van der Waals surface area contributed by atoms with Gasteiger partial charge in [0.25, 0.3) is 5.56 Å². The Morgan fingerprint density at radius 2 is 2.14 bits per heavy atom. The molecule has 72 valence electrons. The second-order valence-electron chi connectivity index (χ2n) is 3.12. The minimum Gasteiger partial charge on any atom is -0.380 e. The fourth-order valence-corrected chi connectivity index (χ4v) is 1.57. The number of ether oxygens (including phenoxy) is 1. The standard InChI is InChI=1S/C11H11NO2/c1-14-7-8-3-2-4-10-9(8)5-6-12-11(10)13/h2-6H,7H2,1H3,(H,12,13). The van der Waals surface area contributed by atoms with Crippen LogP contribution >= 0.6 is 0 Å². The van der Waals surface area contributed by atoms with E-state index < -0.39 is 0 Å². The van der Waals surface area contributed by atoms with Crippen LogP contribution in [0.15, 0.2) is 35.3 Å². The van der Waals surface area contributed by atoms with Crippen molar-refractivity contribution in [3.8, 4) is 0 Å². The molecule has 0 fully saturated rings. The Morgan fingerprint density at radius 3 is 2.93 bits per heavy atom. The number of rotatable bonds is 2. The highest BCUT2D eigenvalue weighted by Crippen LogP contribution is 2.15. The molecule has 0 radical (unpaired) electrons. The average molecular weight is 189 g/mol. The number of fused-ring (bicyclic) bond motifs is 1. The molecular weight excluding hydrogens is 178 g/mol. The number of aromatic amines is 1. The first kappa shape index (κ1) is 8.97. The zero-order valence-corrected chi connectivity index (χ0v) is 7.91. The van der Waals surface area contributed by atoms with Gasteiger partial charge in [0.1, 0.15) is 0 Å². The van der Waals surface area contributed by atoms with Crippen molar-refractivity contribution >= 4 is 10.8 Å². The summed E-state index contributed by atoms with van der Waals surface area (Å²) in [5, 5.41) is 1.67. The Labute approximate surface area is 81.3 Å². The summed E-state index contributed by atoms with van der Waals surface area (Å²) in [6, 6.07) is 7.54. The van der Waals surface area contributed by atoms with Crippen LogP contribution in [0.1, 0.15) is 5.56 Å². The molecule has 0 saturated heterocycles. The fourth-order valence-electron chi connectivity index (χ4n) is 1.57. The maximum Gasteiger partial charge on any atom is 0.255 e. The second-order valence-corrected chi connectivity index (χ2v) is 3.12. The Hall–Kier alpha value is -1.61. The summed E-state index contributed by atoms with van der Waals surface area (Å²) in [6.07, 6.45) is 1.66. The van der Waals surface area contributed by atoms with Crippen LogP contribution in [0.25, 0.3) is 10.8 Å². The molecule has 0 aliphatic carbocycles. The maximum atomic E-state index is 11.4. The Kier molecular flexibility index (Phi) is 2.33. The topological polar surface area (TPSA) is 42.1 Å². The first-order chi connectivity index (χ1) is 6.83. The number of nitrogens with one attached hydrogen (secondary N) is 1. The molecule has 0 spiro atoms. The summed E-state index contributed by atoms with van der Waals surface area (Å²) < 4.78 is 5.06. The van der Waals surface area contributed by atoms with Crippen molar-refractivity contribution in [2.75, 3.05) is 7.11 Å². The van der Waals surface area contributed by atoms with Gasteiger partial charge < -0.3 is 9.72 Å². The minimum absolute atomic E-state index is 0.0551. The third kappa shape index (κ3) is 1.42. The van der Waals surface area contributed by atoms with E-state index in [2.05, 4.69) is 4.98 Å². The molecule has 0 unspecified atom stereocenters. The van der Waals surface area contributed by atoms with Crippen molar-refractivity contribution in [3.63, 3.8) is 0 Å². The average Bonchev–Trinajstić information content (AvgIpc) is 2.20. The van der Waals surface area contributed by atoms with E-state index in [-0.39, 0.29) is 5.56 Å². The molecule has 0 amide bonds. The minimum atomic E-state index is -0.0551. The van der Waals surface area contributed by atoms with E-state index >= 15 is 0 Å². The summed E-state index contributed by atoms with van der Waals surface area (Å²) in [5.74, 6) is 0. The van der Waals surface area contributed by atoms with E-state index in [1.165, 1.54) is 0 Å². The van der Waals surface area contributed by atoms with Gasteiger partial charge in [-0.1, -0.05) is 12.1 Å². The lowest BCUT2D eigenvalue weighted by molar-refractivity contribution is 0.186. The number of methoxy groups -OCH3 is 1. The monoisotopic (exact) mass is 189 g/mol. The van der Waals surface area contributed by atoms with Gasteiger partial charge in [-0.2, -0.15) is 0 Å². The van der Waals surface area contributed by atoms with Gasteiger partial charge in [-0.3, -0.25) is 4.79 Å². The Morgan fingerprint density at radius 1 is 1.29 bits per heavy atom. The first-order valence-corrected chi connectivity index (χ1v) is 4.41. The third-order valence-corrected chi connectivity index (χ3v) is 2.21. The number of aromatic nitrogens is 1. The van der Waals surface area contributed by atoms with Crippen LogP contribution in [0.2, 0.25) is 0 Å². The zero-order chi connectivity index (χ0) is 9.97. The summed E-state index contributed by atoms with van der Waals surface area (Å²) >= 11 is 0. The molecule has 1 aromatic carbocycles. The van der Waals surface area contributed by atoms with Crippen molar-refractivity contribution in [3.05, 3.63) is 46.4 Å². The molecule has 3 nitrogen and oxygen atoms in total. The Bertz CT molecular complexity index is 502. The van der Waals surface area contributed by atoms with Crippen LogP contribution in [-0.2, 0) is 11.3 Å². The van der Waals surface area contributed by atoms with Crippen molar-refractivity contribution in [1.82, 2.24) is 4.98 Å². The van der Waals surface area contributed by atoms with Crippen LogP contribution in [0.5, 0.6) is 0 Å². The van der Waals surface area contributed by atoms with Crippen LogP contribution in [0.3, 0.4) is 0 Å². The summed E-state index contributed by atoms with van der Waals surface area (Å²) in [5.41, 5.74) is 0.983. The van der Waals surface area contributed by atoms with E-state index in [0.717, 1.165) is 10.9 Å². The highest BCUT2D eigenvalue weighted by atomic mass is 16.5. The van der Waals surface area contributed by atoms with Gasteiger partial charge in [-0.05, 0) is 23.1 Å². The van der Waals surface area contributed by atoms with Crippen LogP contribution < -0.4 is 5.56 Å². The van der Waals surface area contributed by atoms with Gasteiger partial charge >= 0.3 is 0 Å². The van der Waals surface area contributed by atoms with Crippen LogP contribution in [0, 0.1) is 0 Å². The molecular formula is C11H11NO2. The largest absolute Gasteiger partial charge is 0.380 e. The lowest BCUT2D eigenvalue weighted by Gasteiger charge is -2.03. The molecule has 0 atom stereocenters. The molecule has 3 heteroatoms. The quantitative estimate of drug-likeness (QED) is 0.780. The van der Waals surface area contributed by atoms with Gasteiger partial charge in [0.15, 0.2) is 0 Å². The number of pyridine rings is 1. The van der Waals surface area contributed by atoms with E-state index in [4.69, 9.17) is 4.74 Å². The summed E-state index contributed by atoms with van der Waals surface area (Å²) in [4.78, 5) is 14.1. The maximum absolute atomic E-state index is 11.4. The zero-order valence-electron chi connectivity index (χ0n) is 7.91. The predicted octanol–water partition coefficient (Wildman–Crippen LogP) is 1.67. The first-order valence-electron chi connectivity index (χ1n) is 4.41. The van der Waals surface area contributed by atoms with Crippen molar-refractivity contribution < 1.29 is 4.74 Å². The van der Waals surface area contributed by atoms with Crippen LogP contribution in [0.4, 0.5) is 0 Å². The van der Waals surface area contributed by atoms with Crippen LogP contribution in [-0.4, -0.2) is 12.1 Å². The van der Waals surface area contributed by atoms with E-state index in [0.29, 0.717) is 12.0 Å². The predicted molar refractivity (Wildman–Crippen MR) is 55.3 cm³/mol. The molecule has 2 aromatic rings.